The molecule has 2 rings (SSSR count). The van der Waals surface area contributed by atoms with Crippen molar-refractivity contribution in [2.45, 2.75) is 33.2 Å². The summed E-state index contributed by atoms with van der Waals surface area (Å²) in [5.41, 5.74) is -0.0625. The SMILES string of the molecule is CC(C)Cn1ccnc(NCC(C)c2nccs2)c1=O. The minimum absolute atomic E-state index is 0.0625. The van der Waals surface area contributed by atoms with Crippen LogP contribution >= 0.6 is 11.3 Å². The summed E-state index contributed by atoms with van der Waals surface area (Å²) < 4.78 is 1.70. The van der Waals surface area contributed by atoms with Gasteiger partial charge in [-0.25, -0.2) is 9.97 Å². The fraction of sp³-hybridized carbons (Fsp3) is 0.500. The van der Waals surface area contributed by atoms with Crippen LogP contribution in [-0.4, -0.2) is 21.1 Å². The van der Waals surface area contributed by atoms with Crippen molar-refractivity contribution < 1.29 is 0 Å². The predicted octanol–water partition coefficient (Wildman–Crippen LogP) is 2.57. The molecule has 1 N–H and O–H groups in total. The lowest BCUT2D eigenvalue weighted by atomic mass is 10.2. The summed E-state index contributed by atoms with van der Waals surface area (Å²) >= 11 is 1.63. The predicted molar refractivity (Wildman–Crippen MR) is 82.4 cm³/mol. The summed E-state index contributed by atoms with van der Waals surface area (Å²) in [5, 5.41) is 6.16. The highest BCUT2D eigenvalue weighted by Crippen LogP contribution is 2.17. The summed E-state index contributed by atoms with van der Waals surface area (Å²) in [6, 6.07) is 0. The van der Waals surface area contributed by atoms with E-state index < -0.39 is 0 Å². The second kappa shape index (κ2) is 6.65. The van der Waals surface area contributed by atoms with Gasteiger partial charge in [-0.3, -0.25) is 4.79 Å². The van der Waals surface area contributed by atoms with Gasteiger partial charge in [-0.1, -0.05) is 20.8 Å². The lowest BCUT2D eigenvalue weighted by Crippen LogP contribution is -2.27. The Hall–Kier alpha value is -1.69. The van der Waals surface area contributed by atoms with Crippen LogP contribution in [0.25, 0.3) is 0 Å². The molecule has 108 valence electrons. The third-order valence-corrected chi connectivity index (χ3v) is 3.93. The van der Waals surface area contributed by atoms with Gasteiger partial charge in [-0.05, 0) is 5.92 Å². The van der Waals surface area contributed by atoms with E-state index in [4.69, 9.17) is 0 Å². The van der Waals surface area contributed by atoms with Crippen LogP contribution in [0.4, 0.5) is 5.82 Å². The molecule has 1 atom stereocenters. The monoisotopic (exact) mass is 292 g/mol. The number of nitrogens with one attached hydrogen (secondary N) is 1. The molecule has 0 saturated heterocycles. The maximum atomic E-state index is 12.2. The Labute approximate surface area is 122 Å². The maximum Gasteiger partial charge on any atom is 0.293 e. The first-order valence-corrected chi connectivity index (χ1v) is 7.64. The second-order valence-electron chi connectivity index (χ2n) is 5.28. The molecule has 20 heavy (non-hydrogen) atoms. The second-order valence-corrected chi connectivity index (χ2v) is 6.21. The van der Waals surface area contributed by atoms with Gasteiger partial charge in [-0.15, -0.1) is 11.3 Å². The normalized spacial score (nSPS) is 12.6. The minimum Gasteiger partial charge on any atom is -0.365 e. The first-order chi connectivity index (χ1) is 9.58. The lowest BCUT2D eigenvalue weighted by Gasteiger charge is -2.12. The van der Waals surface area contributed by atoms with Crippen LogP contribution < -0.4 is 10.9 Å². The number of anilines is 1. The molecular formula is C14H20N4OS. The van der Waals surface area contributed by atoms with Crippen LogP contribution in [0, 0.1) is 5.92 Å². The average molecular weight is 292 g/mol. The van der Waals surface area contributed by atoms with E-state index in [1.807, 2.05) is 5.38 Å². The Morgan fingerprint density at radius 3 is 2.75 bits per heavy atom. The van der Waals surface area contributed by atoms with E-state index in [0.717, 1.165) is 5.01 Å². The number of hydrogen-bond acceptors (Lipinski definition) is 5. The van der Waals surface area contributed by atoms with Crippen LogP contribution in [0.15, 0.2) is 28.8 Å². The van der Waals surface area contributed by atoms with Crippen LogP contribution in [0.2, 0.25) is 0 Å². The van der Waals surface area contributed by atoms with Crippen molar-refractivity contribution in [3.63, 3.8) is 0 Å². The van der Waals surface area contributed by atoms with Crippen molar-refractivity contribution in [2.75, 3.05) is 11.9 Å². The molecule has 2 heterocycles. The third kappa shape index (κ3) is 3.66. The van der Waals surface area contributed by atoms with E-state index in [2.05, 4.69) is 36.1 Å². The Morgan fingerprint density at radius 1 is 1.30 bits per heavy atom. The van der Waals surface area contributed by atoms with Gasteiger partial charge < -0.3 is 9.88 Å². The Kier molecular flexibility index (Phi) is 4.89. The smallest absolute Gasteiger partial charge is 0.293 e. The van der Waals surface area contributed by atoms with Gasteiger partial charge in [0.1, 0.15) is 0 Å². The molecular weight excluding hydrogens is 272 g/mol. The molecule has 2 aromatic heterocycles. The maximum absolute atomic E-state index is 12.2. The summed E-state index contributed by atoms with van der Waals surface area (Å²) in [4.78, 5) is 20.6. The van der Waals surface area contributed by atoms with Gasteiger partial charge in [0.2, 0.25) is 0 Å². The van der Waals surface area contributed by atoms with Crippen molar-refractivity contribution in [1.82, 2.24) is 14.5 Å². The number of aromatic nitrogens is 3. The zero-order chi connectivity index (χ0) is 14.5. The third-order valence-electron chi connectivity index (χ3n) is 2.92. The highest BCUT2D eigenvalue weighted by molar-refractivity contribution is 7.09. The topological polar surface area (TPSA) is 59.8 Å². The molecule has 5 nitrogen and oxygen atoms in total. The first-order valence-electron chi connectivity index (χ1n) is 6.76. The molecule has 0 saturated carbocycles. The standard InChI is InChI=1S/C14H20N4OS/c1-10(2)9-18-6-4-15-12(14(18)19)17-8-11(3)13-16-5-7-20-13/h4-7,10-11H,8-9H2,1-3H3,(H,15,17). The summed E-state index contributed by atoms with van der Waals surface area (Å²) in [7, 11) is 0. The molecule has 0 aliphatic heterocycles. The van der Waals surface area contributed by atoms with Gasteiger partial charge in [-0.2, -0.15) is 0 Å². The van der Waals surface area contributed by atoms with Gasteiger partial charge in [0, 0.05) is 43.0 Å². The fourth-order valence-electron chi connectivity index (χ4n) is 1.92. The highest BCUT2D eigenvalue weighted by Gasteiger charge is 2.10. The Morgan fingerprint density at radius 2 is 2.10 bits per heavy atom. The number of hydrogen-bond donors (Lipinski definition) is 1. The van der Waals surface area contributed by atoms with Gasteiger partial charge >= 0.3 is 0 Å². The molecule has 0 fully saturated rings. The summed E-state index contributed by atoms with van der Waals surface area (Å²) in [6.07, 6.45) is 5.20. The molecule has 0 spiro atoms. The van der Waals surface area contributed by atoms with Crippen molar-refractivity contribution >= 4 is 17.2 Å². The molecule has 0 aromatic carbocycles. The van der Waals surface area contributed by atoms with Crippen molar-refractivity contribution in [3.8, 4) is 0 Å². The zero-order valence-electron chi connectivity index (χ0n) is 12.0. The number of rotatable bonds is 6. The quantitative estimate of drug-likeness (QED) is 0.889. The lowest BCUT2D eigenvalue weighted by molar-refractivity contribution is 0.509. The van der Waals surface area contributed by atoms with E-state index in [9.17, 15) is 4.79 Å². The van der Waals surface area contributed by atoms with E-state index in [0.29, 0.717) is 24.8 Å². The zero-order valence-corrected chi connectivity index (χ0v) is 12.9. The van der Waals surface area contributed by atoms with Gasteiger partial charge in [0.05, 0.1) is 5.01 Å². The molecule has 0 radical (unpaired) electrons. The molecule has 0 bridgehead atoms. The molecule has 2 aromatic rings. The Bertz CT molecular complexity index is 591. The van der Waals surface area contributed by atoms with Crippen LogP contribution in [0.5, 0.6) is 0 Å². The van der Waals surface area contributed by atoms with Crippen molar-refractivity contribution in [2.24, 2.45) is 5.92 Å². The average Bonchev–Trinajstić information content (AvgIpc) is 2.93. The highest BCUT2D eigenvalue weighted by atomic mass is 32.1. The van der Waals surface area contributed by atoms with Crippen LogP contribution in [0.3, 0.4) is 0 Å². The first kappa shape index (κ1) is 14.7. The fourth-order valence-corrected chi connectivity index (χ4v) is 2.62. The Balaban J connectivity index is 2.04. The number of thiazole rings is 1. The van der Waals surface area contributed by atoms with E-state index >= 15 is 0 Å². The molecule has 0 aliphatic rings. The minimum atomic E-state index is -0.0625. The molecule has 6 heteroatoms. The van der Waals surface area contributed by atoms with Crippen LogP contribution in [0.1, 0.15) is 31.7 Å². The van der Waals surface area contributed by atoms with Gasteiger partial charge in [0.15, 0.2) is 5.82 Å². The molecule has 0 amide bonds. The van der Waals surface area contributed by atoms with Crippen molar-refractivity contribution in [3.05, 3.63) is 39.3 Å². The van der Waals surface area contributed by atoms with Gasteiger partial charge in [0.25, 0.3) is 5.56 Å². The van der Waals surface area contributed by atoms with Crippen molar-refractivity contribution in [1.29, 1.82) is 0 Å². The molecule has 1 unspecified atom stereocenters. The molecule has 0 aliphatic carbocycles. The summed E-state index contributed by atoms with van der Waals surface area (Å²) in [5.74, 6) is 1.10. The summed E-state index contributed by atoms with van der Waals surface area (Å²) in [6.45, 7) is 7.62. The number of nitrogens with zero attached hydrogens (tertiary/aromatic N) is 3. The largest absolute Gasteiger partial charge is 0.365 e. The van der Waals surface area contributed by atoms with Crippen LogP contribution in [-0.2, 0) is 6.54 Å². The van der Waals surface area contributed by atoms with E-state index in [1.165, 1.54) is 0 Å². The van der Waals surface area contributed by atoms with E-state index in [1.54, 1.807) is 34.5 Å². The van der Waals surface area contributed by atoms with E-state index in [-0.39, 0.29) is 11.5 Å².